The van der Waals surface area contributed by atoms with Gasteiger partial charge < -0.3 is 15.4 Å². The summed E-state index contributed by atoms with van der Waals surface area (Å²) in [6.45, 7) is 2.33. The standard InChI is InChI=1S/C28H31N5O3/c1-36-14-4-8-26(34)23-10-9-22-16-21(23)18-33-13-3-7-25(33)27(35)30-17-19-5-2-6-20(15-19)24-11-12-29-28(31-22)32-24/h2,5-6,9-12,15-16,25H,3-4,7-8,13-14,17-18H2,1H3,(H,30,35)(H,29,31,32)/t25-/m0/s1. The Morgan fingerprint density at radius 2 is 2.11 bits per heavy atom. The lowest BCUT2D eigenvalue weighted by atomic mass is 9.99. The summed E-state index contributed by atoms with van der Waals surface area (Å²) in [4.78, 5) is 37.6. The number of hydrogen-bond donors (Lipinski definition) is 2. The number of carbonyl (C=O) groups excluding carboxylic acids is 2. The number of carbonyl (C=O) groups is 2. The zero-order chi connectivity index (χ0) is 24.9. The summed E-state index contributed by atoms with van der Waals surface area (Å²) in [5.74, 6) is 0.596. The van der Waals surface area contributed by atoms with Crippen molar-refractivity contribution in [2.24, 2.45) is 0 Å². The molecule has 5 rings (SSSR count). The van der Waals surface area contributed by atoms with E-state index >= 15 is 0 Å². The van der Waals surface area contributed by atoms with Crippen LogP contribution in [0.5, 0.6) is 0 Å². The maximum absolute atomic E-state index is 13.2. The minimum Gasteiger partial charge on any atom is -0.385 e. The zero-order valence-electron chi connectivity index (χ0n) is 20.5. The molecule has 1 saturated heterocycles. The predicted octanol–water partition coefficient (Wildman–Crippen LogP) is 4.09. The summed E-state index contributed by atoms with van der Waals surface area (Å²) >= 11 is 0. The molecule has 1 aromatic heterocycles. The summed E-state index contributed by atoms with van der Waals surface area (Å²) in [6, 6.07) is 15.4. The fourth-order valence-corrected chi connectivity index (χ4v) is 4.97. The highest BCUT2D eigenvalue weighted by Crippen LogP contribution is 2.27. The maximum Gasteiger partial charge on any atom is 0.237 e. The zero-order valence-corrected chi connectivity index (χ0v) is 20.5. The van der Waals surface area contributed by atoms with Gasteiger partial charge in [0.2, 0.25) is 11.9 Å². The number of rotatable bonds is 5. The lowest BCUT2D eigenvalue weighted by Crippen LogP contribution is -2.42. The van der Waals surface area contributed by atoms with E-state index in [0.717, 1.165) is 47.5 Å². The first-order valence-electron chi connectivity index (χ1n) is 12.5. The fourth-order valence-electron chi connectivity index (χ4n) is 4.97. The molecule has 0 aliphatic carbocycles. The number of aromatic nitrogens is 2. The third kappa shape index (κ3) is 5.45. The Kier molecular flexibility index (Phi) is 7.34. The van der Waals surface area contributed by atoms with E-state index in [2.05, 4.69) is 20.5 Å². The average Bonchev–Trinajstić information content (AvgIpc) is 3.35. The van der Waals surface area contributed by atoms with Gasteiger partial charge in [0.15, 0.2) is 5.78 Å². The van der Waals surface area contributed by atoms with Crippen LogP contribution in [-0.4, -0.2) is 52.9 Å². The first-order chi connectivity index (χ1) is 17.6. The summed E-state index contributed by atoms with van der Waals surface area (Å²) in [7, 11) is 1.64. The molecule has 6 bridgehead atoms. The van der Waals surface area contributed by atoms with Crippen LogP contribution in [0.1, 0.15) is 47.2 Å². The Morgan fingerprint density at radius 3 is 3.00 bits per heavy atom. The molecule has 0 radical (unpaired) electrons. The van der Waals surface area contributed by atoms with Crippen molar-refractivity contribution in [1.82, 2.24) is 20.2 Å². The van der Waals surface area contributed by atoms with Crippen molar-refractivity contribution < 1.29 is 14.3 Å². The SMILES string of the molecule is COCCCC(=O)c1ccc2cc1CN1CCC[C@H]1C(=O)NCc1cccc(c1)-c1ccnc(n1)N2. The van der Waals surface area contributed by atoms with E-state index in [1.165, 1.54) is 0 Å². The summed E-state index contributed by atoms with van der Waals surface area (Å²) < 4.78 is 5.12. The molecule has 2 N–H and O–H groups in total. The number of nitrogens with one attached hydrogen (secondary N) is 2. The van der Waals surface area contributed by atoms with Crippen molar-refractivity contribution in [1.29, 1.82) is 0 Å². The quantitative estimate of drug-likeness (QED) is 0.415. The van der Waals surface area contributed by atoms with Crippen LogP contribution in [-0.2, 0) is 22.6 Å². The van der Waals surface area contributed by atoms with Crippen molar-refractivity contribution >= 4 is 23.3 Å². The van der Waals surface area contributed by atoms with Gasteiger partial charge in [0, 0.05) is 56.2 Å². The summed E-state index contributed by atoms with van der Waals surface area (Å²) in [6.07, 6.45) is 4.57. The summed E-state index contributed by atoms with van der Waals surface area (Å²) in [5.41, 5.74) is 5.15. The van der Waals surface area contributed by atoms with E-state index in [1.54, 1.807) is 13.3 Å². The molecule has 3 aromatic rings. The van der Waals surface area contributed by atoms with Gasteiger partial charge in [-0.05, 0) is 67.3 Å². The van der Waals surface area contributed by atoms with Gasteiger partial charge in [0.1, 0.15) is 0 Å². The number of anilines is 2. The second-order valence-electron chi connectivity index (χ2n) is 9.33. The van der Waals surface area contributed by atoms with Gasteiger partial charge in [0.25, 0.3) is 0 Å². The highest BCUT2D eigenvalue weighted by Gasteiger charge is 2.31. The number of ether oxygens (including phenoxy) is 1. The fraction of sp³-hybridized carbons (Fsp3) is 0.357. The second-order valence-corrected chi connectivity index (χ2v) is 9.33. The molecular weight excluding hydrogens is 454 g/mol. The van der Waals surface area contributed by atoms with Crippen LogP contribution in [0, 0.1) is 0 Å². The van der Waals surface area contributed by atoms with E-state index in [4.69, 9.17) is 9.72 Å². The van der Waals surface area contributed by atoms with Crippen LogP contribution in [0.3, 0.4) is 0 Å². The van der Waals surface area contributed by atoms with Gasteiger partial charge in [-0.15, -0.1) is 0 Å². The van der Waals surface area contributed by atoms with E-state index in [-0.39, 0.29) is 17.7 Å². The molecule has 0 unspecified atom stereocenters. The van der Waals surface area contributed by atoms with Gasteiger partial charge in [0.05, 0.1) is 11.7 Å². The van der Waals surface area contributed by atoms with Crippen molar-refractivity contribution in [3.63, 3.8) is 0 Å². The molecule has 186 valence electrons. The highest BCUT2D eigenvalue weighted by atomic mass is 16.5. The maximum atomic E-state index is 13.2. The molecule has 2 aromatic carbocycles. The number of methoxy groups -OCH3 is 1. The van der Waals surface area contributed by atoms with Crippen molar-refractivity contribution in [2.45, 2.75) is 44.8 Å². The van der Waals surface area contributed by atoms with E-state index in [1.807, 2.05) is 48.5 Å². The number of amides is 1. The number of nitrogens with zero attached hydrogens (tertiary/aromatic N) is 3. The number of hydrogen-bond acceptors (Lipinski definition) is 7. The number of benzene rings is 2. The Labute approximate surface area is 211 Å². The topological polar surface area (TPSA) is 96.5 Å². The van der Waals surface area contributed by atoms with Gasteiger partial charge in [-0.1, -0.05) is 18.2 Å². The molecule has 36 heavy (non-hydrogen) atoms. The predicted molar refractivity (Wildman–Crippen MR) is 138 cm³/mol. The highest BCUT2D eigenvalue weighted by molar-refractivity contribution is 5.98. The second kappa shape index (κ2) is 11.0. The Bertz CT molecular complexity index is 1260. The normalized spacial score (nSPS) is 17.7. The monoisotopic (exact) mass is 485 g/mol. The largest absolute Gasteiger partial charge is 0.385 e. The smallest absolute Gasteiger partial charge is 0.237 e. The van der Waals surface area contributed by atoms with Crippen molar-refractivity contribution in [3.05, 3.63) is 71.4 Å². The molecule has 8 heteroatoms. The lowest BCUT2D eigenvalue weighted by molar-refractivity contribution is -0.125. The van der Waals surface area contributed by atoms with Crippen LogP contribution in [0.4, 0.5) is 11.6 Å². The number of Topliss-reactive ketones (excluding diaryl/α,β-unsaturated/α-hetero) is 1. The molecule has 1 fully saturated rings. The minimum atomic E-state index is -0.217. The molecule has 1 atom stereocenters. The first kappa shape index (κ1) is 24.1. The Balaban J connectivity index is 1.53. The average molecular weight is 486 g/mol. The molecule has 1 amide bonds. The van der Waals surface area contributed by atoms with Crippen LogP contribution < -0.4 is 10.6 Å². The third-order valence-electron chi connectivity index (χ3n) is 6.80. The van der Waals surface area contributed by atoms with Gasteiger partial charge in [-0.25, -0.2) is 9.97 Å². The molecule has 2 aliphatic heterocycles. The molecule has 0 spiro atoms. The van der Waals surface area contributed by atoms with E-state index in [0.29, 0.717) is 44.0 Å². The van der Waals surface area contributed by atoms with Crippen LogP contribution in [0.25, 0.3) is 11.3 Å². The molecule has 3 heterocycles. The van der Waals surface area contributed by atoms with Crippen LogP contribution >= 0.6 is 0 Å². The Morgan fingerprint density at radius 1 is 1.19 bits per heavy atom. The van der Waals surface area contributed by atoms with Crippen molar-refractivity contribution in [3.8, 4) is 11.3 Å². The molecule has 0 saturated carbocycles. The number of fused-ring (bicyclic) bond motifs is 8. The van der Waals surface area contributed by atoms with E-state index < -0.39 is 0 Å². The Hall–Kier alpha value is -3.62. The van der Waals surface area contributed by atoms with Gasteiger partial charge >= 0.3 is 0 Å². The molecule has 8 nitrogen and oxygen atoms in total. The first-order valence-corrected chi connectivity index (χ1v) is 12.5. The van der Waals surface area contributed by atoms with Crippen LogP contribution in [0.15, 0.2) is 54.7 Å². The van der Waals surface area contributed by atoms with Crippen molar-refractivity contribution in [2.75, 3.05) is 25.6 Å². The third-order valence-corrected chi connectivity index (χ3v) is 6.80. The van der Waals surface area contributed by atoms with Crippen LogP contribution in [0.2, 0.25) is 0 Å². The molecule has 2 aliphatic rings. The minimum absolute atomic E-state index is 0.0246. The summed E-state index contributed by atoms with van der Waals surface area (Å²) in [5, 5.41) is 6.43. The van der Waals surface area contributed by atoms with Gasteiger partial charge in [-0.2, -0.15) is 0 Å². The number of ketones is 1. The van der Waals surface area contributed by atoms with E-state index in [9.17, 15) is 9.59 Å². The van der Waals surface area contributed by atoms with Gasteiger partial charge in [-0.3, -0.25) is 14.5 Å². The molecular formula is C28H31N5O3. The lowest BCUT2D eigenvalue weighted by Gasteiger charge is -2.25.